The summed E-state index contributed by atoms with van der Waals surface area (Å²) in [6.45, 7) is 8.63. The summed E-state index contributed by atoms with van der Waals surface area (Å²) in [6, 6.07) is 0.705. The van der Waals surface area contributed by atoms with Crippen molar-refractivity contribution in [3.8, 4) is 0 Å². The van der Waals surface area contributed by atoms with E-state index in [1.807, 2.05) is 0 Å². The quantitative estimate of drug-likeness (QED) is 0.853. The molecule has 0 radical (unpaired) electrons. The second-order valence-corrected chi connectivity index (χ2v) is 8.70. The van der Waals surface area contributed by atoms with Crippen molar-refractivity contribution in [2.75, 3.05) is 25.9 Å². The van der Waals surface area contributed by atoms with Gasteiger partial charge < -0.3 is 5.32 Å². The van der Waals surface area contributed by atoms with E-state index in [1.54, 1.807) is 0 Å². The molecule has 2 atom stereocenters. The number of hydrogen-bond donors (Lipinski definition) is 1. The van der Waals surface area contributed by atoms with E-state index in [0.717, 1.165) is 5.92 Å². The molecule has 0 aromatic carbocycles. The van der Waals surface area contributed by atoms with Crippen LogP contribution in [0.2, 0.25) is 0 Å². The van der Waals surface area contributed by atoms with E-state index >= 15 is 0 Å². The first-order valence-electron chi connectivity index (χ1n) is 8.11. The lowest BCUT2D eigenvalue weighted by Gasteiger charge is -2.48. The third-order valence-corrected chi connectivity index (χ3v) is 7.28. The van der Waals surface area contributed by atoms with Gasteiger partial charge in [-0.2, -0.15) is 11.8 Å². The topological polar surface area (TPSA) is 15.3 Å². The average Bonchev–Trinajstić information content (AvgIpc) is 3.17. The van der Waals surface area contributed by atoms with Gasteiger partial charge in [-0.25, -0.2) is 0 Å². The van der Waals surface area contributed by atoms with E-state index in [4.69, 9.17) is 0 Å². The predicted octanol–water partition coefficient (Wildman–Crippen LogP) is 3.12. The Balaban J connectivity index is 1.67. The molecule has 3 fully saturated rings. The summed E-state index contributed by atoms with van der Waals surface area (Å²) in [5, 5.41) is 3.84. The van der Waals surface area contributed by atoms with Crippen LogP contribution < -0.4 is 5.32 Å². The van der Waals surface area contributed by atoms with Gasteiger partial charge in [0.25, 0.3) is 0 Å². The van der Waals surface area contributed by atoms with E-state index in [-0.39, 0.29) is 0 Å². The largest absolute Gasteiger partial charge is 0.308 e. The molecule has 1 heterocycles. The molecule has 19 heavy (non-hydrogen) atoms. The van der Waals surface area contributed by atoms with Crippen molar-refractivity contribution in [2.45, 2.75) is 68.7 Å². The maximum atomic E-state index is 3.84. The van der Waals surface area contributed by atoms with Gasteiger partial charge in [-0.1, -0.05) is 12.8 Å². The molecule has 1 aliphatic heterocycles. The number of hydrogen-bond acceptors (Lipinski definition) is 3. The van der Waals surface area contributed by atoms with E-state index in [2.05, 4.69) is 42.1 Å². The van der Waals surface area contributed by atoms with Crippen molar-refractivity contribution in [3.63, 3.8) is 0 Å². The molecule has 1 saturated heterocycles. The Kier molecular flexibility index (Phi) is 3.92. The summed E-state index contributed by atoms with van der Waals surface area (Å²) in [5.41, 5.74) is 0.394. The Labute approximate surface area is 123 Å². The Hall–Kier alpha value is 0.270. The van der Waals surface area contributed by atoms with Crippen LogP contribution >= 0.6 is 11.8 Å². The Bertz CT molecular complexity index is 323. The fraction of sp³-hybridized carbons (Fsp3) is 1.00. The number of rotatable bonds is 4. The monoisotopic (exact) mass is 282 g/mol. The molecule has 2 unspecified atom stereocenters. The normalized spacial score (nSPS) is 39.6. The van der Waals surface area contributed by atoms with Gasteiger partial charge >= 0.3 is 0 Å². The van der Waals surface area contributed by atoms with Crippen molar-refractivity contribution in [2.24, 2.45) is 5.92 Å². The lowest BCUT2D eigenvalue weighted by molar-refractivity contribution is 0.0747. The number of piperazine rings is 1. The molecule has 3 heteroatoms. The molecule has 2 nitrogen and oxygen atoms in total. The van der Waals surface area contributed by atoms with E-state index < -0.39 is 0 Å². The van der Waals surface area contributed by atoms with Crippen LogP contribution in [0.15, 0.2) is 0 Å². The zero-order chi connectivity index (χ0) is 13.5. The molecule has 3 aliphatic rings. The molecule has 1 N–H and O–H groups in total. The third kappa shape index (κ3) is 2.84. The fourth-order valence-corrected chi connectivity index (χ4v) is 5.16. The molecular formula is C16H30N2S. The minimum absolute atomic E-state index is 0.394. The van der Waals surface area contributed by atoms with E-state index in [0.29, 0.717) is 16.3 Å². The van der Waals surface area contributed by atoms with Gasteiger partial charge in [0.15, 0.2) is 0 Å². The van der Waals surface area contributed by atoms with Crippen LogP contribution in [0.3, 0.4) is 0 Å². The minimum atomic E-state index is 0.394. The van der Waals surface area contributed by atoms with Crippen molar-refractivity contribution in [1.82, 2.24) is 10.2 Å². The first kappa shape index (κ1) is 14.2. The summed E-state index contributed by atoms with van der Waals surface area (Å²) in [6.07, 6.45) is 11.0. The van der Waals surface area contributed by atoms with Crippen molar-refractivity contribution in [3.05, 3.63) is 0 Å². The van der Waals surface area contributed by atoms with Crippen LogP contribution in [0.25, 0.3) is 0 Å². The molecule has 0 spiro atoms. The predicted molar refractivity (Wildman–Crippen MR) is 84.9 cm³/mol. The van der Waals surface area contributed by atoms with Gasteiger partial charge in [0.1, 0.15) is 0 Å². The van der Waals surface area contributed by atoms with E-state index in [9.17, 15) is 0 Å². The molecule has 0 bridgehead atoms. The van der Waals surface area contributed by atoms with Gasteiger partial charge in [0.05, 0.1) is 0 Å². The molecule has 110 valence electrons. The second kappa shape index (κ2) is 5.23. The zero-order valence-electron chi connectivity index (χ0n) is 12.9. The third-order valence-electron chi connectivity index (χ3n) is 5.87. The first-order valence-corrected chi connectivity index (χ1v) is 9.34. The maximum absolute atomic E-state index is 3.84. The molecule has 0 aromatic heterocycles. The highest BCUT2D eigenvalue weighted by atomic mass is 32.2. The number of thioether (sulfide) groups is 1. The maximum Gasteiger partial charge on any atom is 0.0309 e. The fourth-order valence-electron chi connectivity index (χ4n) is 4.17. The van der Waals surface area contributed by atoms with Gasteiger partial charge in [-0.15, -0.1) is 0 Å². The Morgan fingerprint density at radius 3 is 2.53 bits per heavy atom. The Morgan fingerprint density at radius 1 is 1.26 bits per heavy atom. The van der Waals surface area contributed by atoms with Gasteiger partial charge in [-0.05, 0) is 51.7 Å². The van der Waals surface area contributed by atoms with Crippen LogP contribution in [0, 0.1) is 5.92 Å². The smallest absolute Gasteiger partial charge is 0.0309 e. The summed E-state index contributed by atoms with van der Waals surface area (Å²) >= 11 is 2.14. The molecule has 2 saturated carbocycles. The highest BCUT2D eigenvalue weighted by Crippen LogP contribution is 2.44. The standard InChI is InChI=1S/C16H30N2S/c1-13-10-17-15(2,14-6-7-14)11-18(13)12-16(19-3)8-4-5-9-16/h13-14,17H,4-12H2,1-3H3. The molecule has 3 rings (SSSR count). The van der Waals surface area contributed by atoms with Crippen LogP contribution in [0.1, 0.15) is 52.4 Å². The SMILES string of the molecule is CSC1(CN2CC(C)(C3CC3)NCC2C)CCCC1. The van der Waals surface area contributed by atoms with Gasteiger partial charge in [-0.3, -0.25) is 4.90 Å². The molecule has 0 aromatic rings. The van der Waals surface area contributed by atoms with Crippen molar-refractivity contribution >= 4 is 11.8 Å². The summed E-state index contributed by atoms with van der Waals surface area (Å²) in [7, 11) is 0. The lowest BCUT2D eigenvalue weighted by Crippen LogP contribution is -2.64. The second-order valence-electron chi connectivity index (χ2n) is 7.42. The highest BCUT2D eigenvalue weighted by Gasteiger charge is 2.47. The summed E-state index contributed by atoms with van der Waals surface area (Å²) < 4.78 is 0.566. The minimum Gasteiger partial charge on any atom is -0.308 e. The van der Waals surface area contributed by atoms with Crippen molar-refractivity contribution < 1.29 is 0 Å². The highest BCUT2D eigenvalue weighted by molar-refractivity contribution is 8.00. The van der Waals surface area contributed by atoms with Crippen LogP contribution in [0.4, 0.5) is 0 Å². The first-order chi connectivity index (χ1) is 9.07. The molecular weight excluding hydrogens is 252 g/mol. The molecule has 0 amide bonds. The number of nitrogens with zero attached hydrogens (tertiary/aromatic N) is 1. The van der Waals surface area contributed by atoms with Gasteiger partial charge in [0, 0.05) is 36.0 Å². The van der Waals surface area contributed by atoms with Gasteiger partial charge in [0.2, 0.25) is 0 Å². The molecule has 2 aliphatic carbocycles. The van der Waals surface area contributed by atoms with Crippen LogP contribution in [-0.2, 0) is 0 Å². The van der Waals surface area contributed by atoms with E-state index in [1.165, 1.54) is 58.2 Å². The van der Waals surface area contributed by atoms with Crippen molar-refractivity contribution in [1.29, 1.82) is 0 Å². The summed E-state index contributed by atoms with van der Waals surface area (Å²) in [4.78, 5) is 2.80. The lowest BCUT2D eigenvalue weighted by atomic mass is 9.90. The average molecular weight is 282 g/mol. The summed E-state index contributed by atoms with van der Waals surface area (Å²) in [5.74, 6) is 0.941. The Morgan fingerprint density at radius 2 is 1.95 bits per heavy atom. The number of nitrogens with one attached hydrogen (secondary N) is 1. The van der Waals surface area contributed by atoms with Crippen LogP contribution in [0.5, 0.6) is 0 Å². The zero-order valence-corrected chi connectivity index (χ0v) is 13.7. The van der Waals surface area contributed by atoms with Crippen LogP contribution in [-0.4, -0.2) is 47.1 Å².